The molecule has 1 aromatic heterocycles. The fourth-order valence-corrected chi connectivity index (χ4v) is 3.56. The molecule has 1 aliphatic rings. The van der Waals surface area contributed by atoms with Gasteiger partial charge in [-0.25, -0.2) is 0 Å². The summed E-state index contributed by atoms with van der Waals surface area (Å²) in [5.41, 5.74) is 0.462. The van der Waals surface area contributed by atoms with Crippen molar-refractivity contribution in [3.8, 4) is 0 Å². The predicted octanol–water partition coefficient (Wildman–Crippen LogP) is 4.37. The molecule has 1 unspecified atom stereocenters. The Morgan fingerprint density at radius 2 is 2.07 bits per heavy atom. The van der Waals surface area contributed by atoms with Crippen molar-refractivity contribution in [3.05, 3.63) is 51.9 Å². The van der Waals surface area contributed by atoms with Crippen LogP contribution in [0, 0.1) is 0 Å². The number of halogens is 2. The first-order valence-electron chi connectivity index (χ1n) is 8.64. The smallest absolute Gasteiger partial charge is 0.290 e. The number of rotatable bonds is 5. The van der Waals surface area contributed by atoms with E-state index in [1.54, 1.807) is 42.3 Å². The van der Waals surface area contributed by atoms with Crippen molar-refractivity contribution >= 4 is 40.7 Å². The highest BCUT2D eigenvalue weighted by atomic mass is 35.5. The van der Waals surface area contributed by atoms with Crippen LogP contribution in [-0.4, -0.2) is 36.4 Å². The zero-order chi connectivity index (χ0) is 19.4. The largest absolute Gasteiger partial charge is 0.453 e. The van der Waals surface area contributed by atoms with Crippen molar-refractivity contribution in [2.45, 2.75) is 31.9 Å². The number of piperidine rings is 1. The van der Waals surface area contributed by atoms with Crippen molar-refractivity contribution in [1.29, 1.82) is 0 Å². The van der Waals surface area contributed by atoms with Gasteiger partial charge in [-0.2, -0.15) is 0 Å². The quantitative estimate of drug-likeness (QED) is 0.794. The molecule has 1 aromatic carbocycles. The maximum Gasteiger partial charge on any atom is 0.290 e. The summed E-state index contributed by atoms with van der Waals surface area (Å²) in [7, 11) is 1.55. The number of carbonyl (C=O) groups excluding carboxylic acids is 2. The van der Waals surface area contributed by atoms with Crippen LogP contribution in [0.25, 0.3) is 0 Å². The molecule has 8 heteroatoms. The number of nitrogens with one attached hydrogen (secondary N) is 1. The van der Waals surface area contributed by atoms with Crippen molar-refractivity contribution in [2.24, 2.45) is 0 Å². The Bertz CT molecular complexity index is 837. The Morgan fingerprint density at radius 1 is 1.26 bits per heavy atom. The molecule has 1 fully saturated rings. The SMILES string of the molecule is COCc1ccc(C(=O)N2CCCCC2C(=O)Nc2ccc(Cl)cc2Cl)o1. The van der Waals surface area contributed by atoms with Gasteiger partial charge in [0.25, 0.3) is 5.91 Å². The van der Waals surface area contributed by atoms with E-state index >= 15 is 0 Å². The Labute approximate surface area is 167 Å². The average Bonchev–Trinajstić information content (AvgIpc) is 3.12. The summed E-state index contributed by atoms with van der Waals surface area (Å²) in [6.45, 7) is 0.776. The molecule has 1 N–H and O–H groups in total. The van der Waals surface area contributed by atoms with Crippen molar-refractivity contribution in [3.63, 3.8) is 0 Å². The summed E-state index contributed by atoms with van der Waals surface area (Å²) in [5.74, 6) is 0.174. The van der Waals surface area contributed by atoms with Crippen LogP contribution >= 0.6 is 23.2 Å². The number of likely N-dealkylation sites (tertiary alicyclic amines) is 1. The van der Waals surface area contributed by atoms with Crippen LogP contribution in [-0.2, 0) is 16.1 Å². The van der Waals surface area contributed by atoms with E-state index < -0.39 is 6.04 Å². The Hall–Kier alpha value is -2.02. The molecule has 1 saturated heterocycles. The number of benzene rings is 1. The highest BCUT2D eigenvalue weighted by Gasteiger charge is 2.34. The van der Waals surface area contributed by atoms with Crippen LogP contribution < -0.4 is 5.32 Å². The van der Waals surface area contributed by atoms with Gasteiger partial charge in [0.15, 0.2) is 5.76 Å². The molecule has 0 bridgehead atoms. The standard InChI is InChI=1S/C19H20Cl2N2O4/c1-26-11-13-6-8-17(27-13)19(25)23-9-3-2-4-16(23)18(24)22-15-7-5-12(20)10-14(15)21/h5-8,10,16H,2-4,9,11H2,1H3,(H,22,24). The zero-order valence-corrected chi connectivity index (χ0v) is 16.3. The number of anilines is 1. The molecule has 0 saturated carbocycles. The van der Waals surface area contributed by atoms with Gasteiger partial charge in [-0.15, -0.1) is 0 Å². The van der Waals surface area contributed by atoms with Crippen molar-refractivity contribution in [1.82, 2.24) is 4.90 Å². The van der Waals surface area contributed by atoms with Gasteiger partial charge in [-0.1, -0.05) is 23.2 Å². The van der Waals surface area contributed by atoms with Crippen LogP contribution in [0.2, 0.25) is 10.0 Å². The first-order valence-corrected chi connectivity index (χ1v) is 9.39. The highest BCUT2D eigenvalue weighted by molar-refractivity contribution is 6.36. The van der Waals surface area contributed by atoms with Crippen LogP contribution in [0.1, 0.15) is 35.6 Å². The second-order valence-corrected chi connectivity index (χ2v) is 7.17. The lowest BCUT2D eigenvalue weighted by Crippen LogP contribution is -2.50. The number of hydrogen-bond donors (Lipinski definition) is 1. The lowest BCUT2D eigenvalue weighted by atomic mass is 10.0. The summed E-state index contributed by atoms with van der Waals surface area (Å²) < 4.78 is 10.5. The Balaban J connectivity index is 1.75. The van der Waals surface area contributed by atoms with Gasteiger partial charge in [0.1, 0.15) is 18.4 Å². The zero-order valence-electron chi connectivity index (χ0n) is 14.8. The minimum atomic E-state index is -0.589. The van der Waals surface area contributed by atoms with Gasteiger partial charge in [0.05, 0.1) is 10.7 Å². The van der Waals surface area contributed by atoms with Gasteiger partial charge in [0.2, 0.25) is 5.91 Å². The summed E-state index contributed by atoms with van der Waals surface area (Å²) >= 11 is 12.0. The molecule has 3 rings (SSSR count). The van der Waals surface area contributed by atoms with E-state index in [1.807, 2.05) is 0 Å². The van der Waals surface area contributed by atoms with E-state index in [1.165, 1.54) is 0 Å². The number of ether oxygens (including phenoxy) is 1. The molecule has 0 radical (unpaired) electrons. The molecular formula is C19H20Cl2N2O4. The summed E-state index contributed by atoms with van der Waals surface area (Å²) in [4.78, 5) is 27.2. The number of nitrogens with zero attached hydrogens (tertiary/aromatic N) is 1. The number of carbonyl (C=O) groups is 2. The van der Waals surface area contributed by atoms with Gasteiger partial charge in [-0.05, 0) is 49.6 Å². The minimum Gasteiger partial charge on any atom is -0.453 e. The summed E-state index contributed by atoms with van der Waals surface area (Å²) in [5, 5.41) is 3.63. The van der Waals surface area contributed by atoms with E-state index in [2.05, 4.69) is 5.32 Å². The molecule has 1 atom stereocenters. The Kier molecular flexibility index (Phi) is 6.42. The van der Waals surface area contributed by atoms with E-state index in [0.29, 0.717) is 34.5 Å². The fraction of sp³-hybridized carbons (Fsp3) is 0.368. The number of amides is 2. The third-order valence-electron chi connectivity index (χ3n) is 4.41. The second kappa shape index (κ2) is 8.78. The van der Waals surface area contributed by atoms with E-state index in [4.69, 9.17) is 32.4 Å². The summed E-state index contributed by atoms with van der Waals surface area (Å²) in [6, 6.07) is 7.56. The molecule has 2 heterocycles. The van der Waals surface area contributed by atoms with Crippen LogP contribution in [0.4, 0.5) is 5.69 Å². The molecule has 2 aromatic rings. The normalized spacial score (nSPS) is 17.0. The maximum atomic E-state index is 12.9. The average molecular weight is 411 g/mol. The molecule has 1 aliphatic heterocycles. The van der Waals surface area contributed by atoms with Gasteiger partial charge in [-0.3, -0.25) is 9.59 Å². The van der Waals surface area contributed by atoms with E-state index in [0.717, 1.165) is 12.8 Å². The van der Waals surface area contributed by atoms with Crippen molar-refractivity contribution in [2.75, 3.05) is 19.0 Å². The number of hydrogen-bond acceptors (Lipinski definition) is 4. The van der Waals surface area contributed by atoms with Crippen LogP contribution in [0.3, 0.4) is 0 Å². The van der Waals surface area contributed by atoms with Crippen molar-refractivity contribution < 1.29 is 18.7 Å². The monoisotopic (exact) mass is 410 g/mol. The molecular weight excluding hydrogens is 391 g/mol. The van der Waals surface area contributed by atoms with Crippen LogP contribution in [0.15, 0.2) is 34.7 Å². The van der Waals surface area contributed by atoms with Gasteiger partial charge >= 0.3 is 0 Å². The second-order valence-electron chi connectivity index (χ2n) is 6.32. The number of furan rings is 1. The first-order chi connectivity index (χ1) is 13.0. The maximum absolute atomic E-state index is 12.9. The molecule has 144 valence electrons. The first kappa shape index (κ1) is 19.7. The fourth-order valence-electron chi connectivity index (χ4n) is 3.11. The molecule has 27 heavy (non-hydrogen) atoms. The van der Waals surface area contributed by atoms with E-state index in [9.17, 15) is 9.59 Å². The lowest BCUT2D eigenvalue weighted by Gasteiger charge is -2.34. The molecule has 0 spiro atoms. The summed E-state index contributed by atoms with van der Waals surface area (Å²) in [6.07, 6.45) is 2.28. The highest BCUT2D eigenvalue weighted by Crippen LogP contribution is 2.27. The third kappa shape index (κ3) is 4.64. The van der Waals surface area contributed by atoms with E-state index in [-0.39, 0.29) is 24.2 Å². The minimum absolute atomic E-state index is 0.200. The van der Waals surface area contributed by atoms with Gasteiger partial charge < -0.3 is 19.4 Å². The van der Waals surface area contributed by atoms with Gasteiger partial charge in [0, 0.05) is 18.7 Å². The third-order valence-corrected chi connectivity index (χ3v) is 4.96. The topological polar surface area (TPSA) is 71.8 Å². The Morgan fingerprint density at radius 3 is 2.81 bits per heavy atom. The number of methoxy groups -OCH3 is 1. The van der Waals surface area contributed by atoms with Crippen LogP contribution in [0.5, 0.6) is 0 Å². The predicted molar refractivity (Wildman–Crippen MR) is 103 cm³/mol. The molecule has 6 nitrogen and oxygen atoms in total. The lowest BCUT2D eigenvalue weighted by molar-refractivity contribution is -0.121. The molecule has 2 amide bonds. The molecule has 0 aliphatic carbocycles.